The van der Waals surface area contributed by atoms with E-state index in [-0.39, 0.29) is 0 Å². The van der Waals surface area contributed by atoms with Crippen LogP contribution in [0.25, 0.3) is 11.1 Å². The molecule has 3 rings (SSSR count). The molecule has 3 aromatic rings. The molecule has 20 heavy (non-hydrogen) atoms. The Morgan fingerprint density at radius 1 is 0.900 bits per heavy atom. The lowest BCUT2D eigenvalue weighted by molar-refractivity contribution is 0.100. The average molecular weight is 282 g/mol. The molecule has 100 valence electrons. The fourth-order valence-corrected chi connectivity index (χ4v) is 2.07. The van der Waals surface area contributed by atoms with Crippen LogP contribution in [-0.2, 0) is 0 Å². The highest BCUT2D eigenvalue weighted by atomic mass is 32.1. The summed E-state index contributed by atoms with van der Waals surface area (Å²) in [5.41, 5.74) is 9.01. The monoisotopic (exact) mass is 282 g/mol. The summed E-state index contributed by atoms with van der Waals surface area (Å²) in [6.07, 6.45) is 1.45. The Labute approximate surface area is 121 Å². The second kappa shape index (κ2) is 7.21. The SMILES string of the molecule is NC(=O)c1cncs1.c1ccc(-c2ccccc2)cc1. The maximum absolute atomic E-state index is 10.3. The summed E-state index contributed by atoms with van der Waals surface area (Å²) in [4.78, 5) is 14.4. The number of benzene rings is 2. The smallest absolute Gasteiger partial charge is 0.260 e. The molecule has 1 heterocycles. The molecule has 0 unspecified atom stereocenters. The Morgan fingerprint density at radius 3 is 1.70 bits per heavy atom. The quantitative estimate of drug-likeness (QED) is 0.780. The van der Waals surface area contributed by atoms with Crippen LogP contribution in [-0.4, -0.2) is 10.9 Å². The zero-order valence-corrected chi connectivity index (χ0v) is 11.6. The van der Waals surface area contributed by atoms with Crippen LogP contribution in [0.4, 0.5) is 0 Å². The van der Waals surface area contributed by atoms with Crippen LogP contribution in [0.5, 0.6) is 0 Å². The Morgan fingerprint density at radius 2 is 1.40 bits per heavy atom. The van der Waals surface area contributed by atoms with Crippen molar-refractivity contribution in [2.75, 3.05) is 0 Å². The second-order valence-corrected chi connectivity index (χ2v) is 4.85. The van der Waals surface area contributed by atoms with Crippen molar-refractivity contribution in [1.82, 2.24) is 4.98 Å². The van der Waals surface area contributed by atoms with Crippen LogP contribution in [0.15, 0.2) is 72.4 Å². The van der Waals surface area contributed by atoms with Gasteiger partial charge in [0.2, 0.25) is 0 Å². The predicted molar refractivity (Wildman–Crippen MR) is 82.5 cm³/mol. The van der Waals surface area contributed by atoms with Crippen molar-refractivity contribution in [3.63, 3.8) is 0 Å². The normalized spacial score (nSPS) is 9.40. The Bertz CT molecular complexity index is 599. The van der Waals surface area contributed by atoms with E-state index in [1.165, 1.54) is 28.7 Å². The van der Waals surface area contributed by atoms with Crippen LogP contribution in [0.2, 0.25) is 0 Å². The summed E-state index contributed by atoms with van der Waals surface area (Å²) in [7, 11) is 0. The van der Waals surface area contributed by atoms with Crippen molar-refractivity contribution < 1.29 is 4.79 Å². The molecule has 0 radical (unpaired) electrons. The summed E-state index contributed by atoms with van der Waals surface area (Å²) in [5.74, 6) is -0.410. The highest BCUT2D eigenvalue weighted by Gasteiger charge is 1.97. The number of hydrogen-bond donors (Lipinski definition) is 1. The van der Waals surface area contributed by atoms with E-state index in [2.05, 4.69) is 53.5 Å². The summed E-state index contributed by atoms with van der Waals surface area (Å²) in [5, 5.41) is 0. The van der Waals surface area contributed by atoms with Gasteiger partial charge in [-0.05, 0) is 11.1 Å². The molecule has 0 aliphatic heterocycles. The minimum absolute atomic E-state index is 0.410. The van der Waals surface area contributed by atoms with Gasteiger partial charge < -0.3 is 5.73 Å². The predicted octanol–water partition coefficient (Wildman–Crippen LogP) is 3.60. The standard InChI is InChI=1S/C12H10.C4H4N2OS/c1-3-7-11(8-4-1)12-9-5-2-6-10-12;5-4(7)3-1-6-2-8-3/h1-10H;1-2H,(H2,5,7). The number of nitrogens with zero attached hydrogens (tertiary/aromatic N) is 1. The van der Waals surface area contributed by atoms with Gasteiger partial charge in [-0.15, -0.1) is 11.3 Å². The highest BCUT2D eigenvalue weighted by molar-refractivity contribution is 7.11. The van der Waals surface area contributed by atoms with Crippen LogP contribution in [0.1, 0.15) is 9.67 Å². The second-order valence-electron chi connectivity index (χ2n) is 3.96. The molecule has 1 aromatic heterocycles. The van der Waals surface area contributed by atoms with Gasteiger partial charge in [0.05, 0.1) is 11.7 Å². The van der Waals surface area contributed by atoms with Crippen LogP contribution >= 0.6 is 11.3 Å². The third kappa shape index (κ3) is 4.03. The Balaban J connectivity index is 0.000000160. The van der Waals surface area contributed by atoms with Gasteiger partial charge >= 0.3 is 0 Å². The van der Waals surface area contributed by atoms with E-state index in [1.54, 1.807) is 5.51 Å². The number of nitrogens with two attached hydrogens (primary N) is 1. The van der Waals surface area contributed by atoms with Crippen LogP contribution < -0.4 is 5.73 Å². The lowest BCUT2D eigenvalue weighted by Crippen LogP contribution is -2.08. The largest absolute Gasteiger partial charge is 0.365 e. The first kappa shape index (κ1) is 14.0. The molecule has 0 saturated carbocycles. The lowest BCUT2D eigenvalue weighted by atomic mass is 10.1. The van der Waals surface area contributed by atoms with E-state index in [0.29, 0.717) is 4.88 Å². The van der Waals surface area contributed by atoms with Gasteiger partial charge in [-0.25, -0.2) is 0 Å². The molecule has 2 aromatic carbocycles. The molecule has 0 aliphatic carbocycles. The molecule has 0 atom stereocenters. The minimum Gasteiger partial charge on any atom is -0.365 e. The third-order valence-corrected chi connectivity index (χ3v) is 3.34. The average Bonchev–Trinajstić information content (AvgIpc) is 3.04. The first-order valence-electron chi connectivity index (χ1n) is 6.06. The number of aromatic nitrogens is 1. The van der Waals surface area contributed by atoms with Gasteiger partial charge in [-0.1, -0.05) is 60.7 Å². The van der Waals surface area contributed by atoms with Crippen molar-refractivity contribution >= 4 is 17.2 Å². The summed E-state index contributed by atoms with van der Waals surface area (Å²) in [6, 6.07) is 20.8. The fourth-order valence-electron chi connectivity index (χ4n) is 1.60. The summed E-state index contributed by atoms with van der Waals surface area (Å²) < 4.78 is 0. The van der Waals surface area contributed by atoms with E-state index in [4.69, 9.17) is 5.73 Å². The molecule has 0 bridgehead atoms. The molecule has 4 heteroatoms. The molecule has 0 spiro atoms. The maximum atomic E-state index is 10.3. The number of carbonyl (C=O) groups excluding carboxylic acids is 1. The number of primary amides is 1. The molecule has 3 nitrogen and oxygen atoms in total. The first-order chi connectivity index (χ1) is 9.77. The van der Waals surface area contributed by atoms with Gasteiger partial charge in [0.25, 0.3) is 5.91 Å². The maximum Gasteiger partial charge on any atom is 0.260 e. The number of hydrogen-bond acceptors (Lipinski definition) is 3. The Hall–Kier alpha value is -2.46. The van der Waals surface area contributed by atoms with Gasteiger partial charge in [-0.3, -0.25) is 9.78 Å². The number of thiazole rings is 1. The minimum atomic E-state index is -0.410. The molecular formula is C16H14N2OS. The zero-order chi connectivity index (χ0) is 14.2. The van der Waals surface area contributed by atoms with E-state index in [1.807, 2.05) is 12.1 Å². The number of amides is 1. The summed E-state index contributed by atoms with van der Waals surface area (Å²) in [6.45, 7) is 0. The van der Waals surface area contributed by atoms with Crippen molar-refractivity contribution in [2.45, 2.75) is 0 Å². The van der Waals surface area contributed by atoms with E-state index in [9.17, 15) is 4.79 Å². The van der Waals surface area contributed by atoms with Crippen LogP contribution in [0, 0.1) is 0 Å². The molecule has 2 N–H and O–H groups in total. The molecule has 1 amide bonds. The molecule has 0 aliphatic rings. The number of rotatable bonds is 2. The van der Waals surface area contributed by atoms with Gasteiger partial charge in [-0.2, -0.15) is 0 Å². The van der Waals surface area contributed by atoms with Crippen molar-refractivity contribution in [3.8, 4) is 11.1 Å². The highest BCUT2D eigenvalue weighted by Crippen LogP contribution is 2.17. The fraction of sp³-hybridized carbons (Fsp3) is 0. The van der Waals surface area contributed by atoms with Gasteiger partial charge in [0, 0.05) is 0 Å². The van der Waals surface area contributed by atoms with E-state index >= 15 is 0 Å². The van der Waals surface area contributed by atoms with E-state index < -0.39 is 5.91 Å². The van der Waals surface area contributed by atoms with Crippen molar-refractivity contribution in [1.29, 1.82) is 0 Å². The van der Waals surface area contributed by atoms with Crippen LogP contribution in [0.3, 0.4) is 0 Å². The molecular weight excluding hydrogens is 268 g/mol. The summed E-state index contributed by atoms with van der Waals surface area (Å²) >= 11 is 1.25. The topological polar surface area (TPSA) is 56.0 Å². The lowest BCUT2D eigenvalue weighted by Gasteiger charge is -1.98. The zero-order valence-electron chi connectivity index (χ0n) is 10.8. The molecule has 0 saturated heterocycles. The molecule has 0 fully saturated rings. The third-order valence-electron chi connectivity index (χ3n) is 2.56. The van der Waals surface area contributed by atoms with Gasteiger partial charge in [0.1, 0.15) is 4.88 Å². The first-order valence-corrected chi connectivity index (χ1v) is 6.94. The van der Waals surface area contributed by atoms with Crippen molar-refractivity contribution in [3.05, 3.63) is 77.2 Å². The van der Waals surface area contributed by atoms with Gasteiger partial charge in [0.15, 0.2) is 0 Å². The van der Waals surface area contributed by atoms with E-state index in [0.717, 1.165) is 0 Å². The van der Waals surface area contributed by atoms with Crippen molar-refractivity contribution in [2.24, 2.45) is 5.73 Å². The Kier molecular flexibility index (Phi) is 5.03. The number of carbonyl (C=O) groups is 1.